The maximum absolute atomic E-state index is 13.0. The van der Waals surface area contributed by atoms with Gasteiger partial charge in [0, 0.05) is 17.0 Å². The zero-order valence-corrected chi connectivity index (χ0v) is 14.7. The van der Waals surface area contributed by atoms with E-state index in [9.17, 15) is 19.8 Å². The Balaban J connectivity index is 1.85. The van der Waals surface area contributed by atoms with Gasteiger partial charge >= 0.3 is 0 Å². The number of nitrogens with zero attached hydrogens (tertiary/aromatic N) is 3. The maximum Gasteiger partial charge on any atom is 0.276 e. The van der Waals surface area contributed by atoms with Gasteiger partial charge in [0.25, 0.3) is 5.69 Å². The Bertz CT molecular complexity index is 1080. The number of hydrogen-bond acceptors (Lipinski definition) is 5. The second kappa shape index (κ2) is 8.17. The highest BCUT2D eigenvalue weighted by molar-refractivity contribution is 7.11. The van der Waals surface area contributed by atoms with Crippen LogP contribution in [0.4, 0.5) is 10.1 Å². The number of rotatable bonds is 5. The molecule has 0 fully saturated rings. The second-order valence-corrected chi connectivity index (χ2v) is 6.27. The van der Waals surface area contributed by atoms with Crippen LogP contribution in [0.25, 0.3) is 22.9 Å². The van der Waals surface area contributed by atoms with E-state index in [4.69, 9.17) is 0 Å². The molecule has 0 spiro atoms. The molecule has 0 atom stereocenters. The minimum atomic E-state index is -0.454. The monoisotopic (exact) mass is 377 g/mol. The van der Waals surface area contributed by atoms with Crippen molar-refractivity contribution < 1.29 is 9.31 Å². The fourth-order valence-corrected chi connectivity index (χ4v) is 3.15. The molecular formula is C20H12FN3O2S. The summed E-state index contributed by atoms with van der Waals surface area (Å²) in [5, 5.41) is 22.7. The minimum Gasteiger partial charge on any atom is -0.258 e. The average molecular weight is 377 g/mol. The first-order valence-corrected chi connectivity index (χ1v) is 8.70. The van der Waals surface area contributed by atoms with Gasteiger partial charge in [-0.05, 0) is 42.5 Å². The molecule has 0 aliphatic heterocycles. The summed E-state index contributed by atoms with van der Waals surface area (Å²) < 4.78 is 13.0. The van der Waals surface area contributed by atoms with E-state index in [1.165, 1.54) is 29.5 Å². The van der Waals surface area contributed by atoms with Gasteiger partial charge in [-0.3, -0.25) is 10.1 Å². The van der Waals surface area contributed by atoms with Crippen LogP contribution in [-0.4, -0.2) is 9.91 Å². The van der Waals surface area contributed by atoms with Crippen molar-refractivity contribution >= 4 is 28.7 Å². The van der Waals surface area contributed by atoms with Gasteiger partial charge < -0.3 is 0 Å². The molecule has 132 valence electrons. The maximum atomic E-state index is 13.0. The van der Waals surface area contributed by atoms with E-state index in [0.29, 0.717) is 21.8 Å². The number of nitro benzene ring substituents is 1. The van der Waals surface area contributed by atoms with Crippen molar-refractivity contribution in [2.75, 3.05) is 0 Å². The fourth-order valence-electron chi connectivity index (χ4n) is 2.35. The highest BCUT2D eigenvalue weighted by Gasteiger charge is 2.10. The van der Waals surface area contributed by atoms with Crippen LogP contribution in [-0.2, 0) is 0 Å². The van der Waals surface area contributed by atoms with Gasteiger partial charge in [-0.1, -0.05) is 18.2 Å². The van der Waals surface area contributed by atoms with Gasteiger partial charge in [0.2, 0.25) is 0 Å². The quantitative estimate of drug-likeness (QED) is 0.255. The first-order chi connectivity index (χ1) is 13.1. The van der Waals surface area contributed by atoms with Gasteiger partial charge in [-0.2, -0.15) is 5.26 Å². The Labute approximate surface area is 158 Å². The number of halogens is 1. The van der Waals surface area contributed by atoms with Crippen LogP contribution in [0.2, 0.25) is 0 Å². The lowest BCUT2D eigenvalue weighted by atomic mass is 10.1. The van der Waals surface area contributed by atoms with Crippen molar-refractivity contribution in [3.05, 3.63) is 92.6 Å². The van der Waals surface area contributed by atoms with E-state index in [-0.39, 0.29) is 11.5 Å². The van der Waals surface area contributed by atoms with Crippen LogP contribution >= 0.6 is 11.3 Å². The molecule has 0 bridgehead atoms. The van der Waals surface area contributed by atoms with E-state index < -0.39 is 4.92 Å². The molecule has 27 heavy (non-hydrogen) atoms. The van der Waals surface area contributed by atoms with Crippen molar-refractivity contribution in [2.24, 2.45) is 0 Å². The standard InChI is InChI=1S/C20H12FN3O2S/c21-17-10-8-14(9-11-17)18-13-27-20(23-18)16(12-22)6-3-5-15-4-1-2-7-19(15)24(25)26/h1-11,13H/b5-3+,16-6-. The molecular weight excluding hydrogens is 365 g/mol. The van der Waals surface area contributed by atoms with Crippen LogP contribution in [0.1, 0.15) is 10.6 Å². The van der Waals surface area contributed by atoms with Gasteiger partial charge in [0.15, 0.2) is 0 Å². The number of para-hydroxylation sites is 1. The second-order valence-electron chi connectivity index (χ2n) is 5.41. The highest BCUT2D eigenvalue weighted by Crippen LogP contribution is 2.26. The van der Waals surface area contributed by atoms with Gasteiger partial charge in [0.1, 0.15) is 16.9 Å². The van der Waals surface area contributed by atoms with E-state index in [0.717, 1.165) is 5.56 Å². The zero-order valence-electron chi connectivity index (χ0n) is 13.9. The van der Waals surface area contributed by atoms with Crippen LogP contribution in [0, 0.1) is 27.3 Å². The normalized spacial score (nSPS) is 11.5. The molecule has 1 aromatic heterocycles. The molecule has 0 aliphatic carbocycles. The van der Waals surface area contributed by atoms with Gasteiger partial charge in [0.05, 0.1) is 21.8 Å². The minimum absolute atomic E-state index is 0.00602. The van der Waals surface area contributed by atoms with Crippen LogP contribution in [0.3, 0.4) is 0 Å². The molecule has 0 saturated heterocycles. The Morgan fingerprint density at radius 3 is 2.67 bits per heavy atom. The van der Waals surface area contributed by atoms with Crippen LogP contribution in [0.5, 0.6) is 0 Å². The Morgan fingerprint density at radius 2 is 1.96 bits per heavy atom. The van der Waals surface area contributed by atoms with E-state index in [1.807, 2.05) is 0 Å². The van der Waals surface area contributed by atoms with E-state index >= 15 is 0 Å². The van der Waals surface area contributed by atoms with Crippen molar-refractivity contribution in [1.82, 2.24) is 4.98 Å². The first-order valence-electron chi connectivity index (χ1n) is 7.82. The summed E-state index contributed by atoms with van der Waals surface area (Å²) in [4.78, 5) is 15.0. The summed E-state index contributed by atoms with van der Waals surface area (Å²) in [5.41, 5.74) is 2.18. The fraction of sp³-hybridized carbons (Fsp3) is 0. The van der Waals surface area contributed by atoms with Crippen LogP contribution in [0.15, 0.2) is 66.1 Å². The molecule has 3 aromatic rings. The lowest BCUT2D eigenvalue weighted by Crippen LogP contribution is -1.90. The predicted molar refractivity (Wildman–Crippen MR) is 103 cm³/mol. The lowest BCUT2D eigenvalue weighted by molar-refractivity contribution is -0.385. The summed E-state index contributed by atoms with van der Waals surface area (Å²) in [6.07, 6.45) is 4.72. The lowest BCUT2D eigenvalue weighted by Gasteiger charge is -1.96. The molecule has 2 aromatic carbocycles. The number of thiazole rings is 1. The highest BCUT2D eigenvalue weighted by atomic mass is 32.1. The van der Waals surface area contributed by atoms with E-state index in [2.05, 4.69) is 11.1 Å². The Hall–Kier alpha value is -3.63. The first kappa shape index (κ1) is 18.2. The molecule has 0 aliphatic rings. The van der Waals surface area contributed by atoms with E-state index in [1.54, 1.807) is 53.9 Å². The number of nitriles is 1. The number of aromatic nitrogens is 1. The smallest absolute Gasteiger partial charge is 0.258 e. The SMILES string of the molecule is N#C/C(=C/C=C/c1ccccc1[N+](=O)[O-])c1nc(-c2ccc(F)cc2)cs1. The van der Waals surface area contributed by atoms with Crippen LogP contribution < -0.4 is 0 Å². The third-order valence-corrected chi connectivity index (χ3v) is 4.54. The molecule has 0 radical (unpaired) electrons. The van der Waals surface area contributed by atoms with Crippen molar-refractivity contribution in [2.45, 2.75) is 0 Å². The number of hydrogen-bond donors (Lipinski definition) is 0. The van der Waals surface area contributed by atoms with Gasteiger partial charge in [-0.15, -0.1) is 11.3 Å². The molecule has 3 rings (SSSR count). The average Bonchev–Trinajstić information content (AvgIpc) is 3.16. The zero-order chi connectivity index (χ0) is 19.2. The predicted octanol–water partition coefficient (Wildman–Crippen LogP) is 5.48. The Morgan fingerprint density at radius 1 is 1.22 bits per heavy atom. The summed E-state index contributed by atoms with van der Waals surface area (Å²) in [6, 6.07) is 14.4. The number of benzene rings is 2. The number of nitro groups is 1. The summed E-state index contributed by atoms with van der Waals surface area (Å²) in [6.45, 7) is 0. The van der Waals surface area contributed by atoms with Crippen molar-refractivity contribution in [3.8, 4) is 17.3 Å². The molecule has 5 nitrogen and oxygen atoms in total. The third kappa shape index (κ3) is 4.32. The Kier molecular flexibility index (Phi) is 5.50. The summed E-state index contributed by atoms with van der Waals surface area (Å²) in [5.74, 6) is -0.327. The summed E-state index contributed by atoms with van der Waals surface area (Å²) in [7, 11) is 0. The van der Waals surface area contributed by atoms with Gasteiger partial charge in [-0.25, -0.2) is 9.37 Å². The molecule has 7 heteroatoms. The molecule has 0 N–H and O–H groups in total. The molecule has 0 amide bonds. The molecule has 1 heterocycles. The molecule has 0 unspecified atom stereocenters. The third-order valence-electron chi connectivity index (χ3n) is 3.67. The van der Waals surface area contributed by atoms with Crippen molar-refractivity contribution in [1.29, 1.82) is 5.26 Å². The number of allylic oxidation sites excluding steroid dienone is 3. The summed E-state index contributed by atoms with van der Waals surface area (Å²) >= 11 is 1.30. The molecule has 0 saturated carbocycles. The topological polar surface area (TPSA) is 79.8 Å². The van der Waals surface area contributed by atoms with Crippen molar-refractivity contribution in [3.63, 3.8) is 0 Å². The largest absolute Gasteiger partial charge is 0.276 e.